The summed E-state index contributed by atoms with van der Waals surface area (Å²) in [7, 11) is 5.70. The molecule has 0 aromatic heterocycles. The van der Waals surface area contributed by atoms with Crippen molar-refractivity contribution in [2.45, 2.75) is 33.2 Å². The van der Waals surface area contributed by atoms with Crippen LogP contribution in [0.3, 0.4) is 0 Å². The van der Waals surface area contributed by atoms with E-state index in [4.69, 9.17) is 11.6 Å². The maximum absolute atomic E-state index is 13.1. The van der Waals surface area contributed by atoms with Crippen LogP contribution in [0.1, 0.15) is 27.2 Å². The fourth-order valence-electron chi connectivity index (χ4n) is 2.37. The van der Waals surface area contributed by atoms with Gasteiger partial charge in [0.25, 0.3) is 5.91 Å². The molecule has 1 atom stereocenters. The summed E-state index contributed by atoms with van der Waals surface area (Å²) in [5.74, 6) is -0.153. The van der Waals surface area contributed by atoms with Gasteiger partial charge in [-0.05, 0) is 50.8 Å². The van der Waals surface area contributed by atoms with Crippen LogP contribution < -0.4 is 9.80 Å². The lowest BCUT2D eigenvalue weighted by Crippen LogP contribution is -2.32. The van der Waals surface area contributed by atoms with Crippen LogP contribution in [-0.2, 0) is 4.79 Å². The van der Waals surface area contributed by atoms with Gasteiger partial charge < -0.3 is 9.80 Å². The molecular weight excluding hydrogens is 334 g/mol. The standard InChI is InChI=1S/C20H28ClN3O/c1-7-9-13-18(21)19(15(3)22-8-2)20(25)24(6)17-12-10-11-16(14-17)23(4)5/h8-15H,7H2,1-6H3/b13-9-,19-18-,22-8?. The molecule has 1 amide bonds. The number of benzene rings is 1. The highest BCUT2D eigenvalue weighted by Gasteiger charge is 2.24. The summed E-state index contributed by atoms with van der Waals surface area (Å²) in [5, 5.41) is 0.431. The van der Waals surface area contributed by atoms with Crippen molar-refractivity contribution in [3.8, 4) is 0 Å². The van der Waals surface area contributed by atoms with Crippen molar-refractivity contribution in [1.29, 1.82) is 0 Å². The van der Waals surface area contributed by atoms with Crippen LogP contribution in [0.5, 0.6) is 0 Å². The SMILES string of the molecule is CC=NC(C)/C(C(=O)N(C)c1cccc(N(C)C)c1)=C(Cl)\C=C/CC. The quantitative estimate of drug-likeness (QED) is 0.402. The van der Waals surface area contributed by atoms with E-state index < -0.39 is 0 Å². The average molecular weight is 362 g/mol. The summed E-state index contributed by atoms with van der Waals surface area (Å²) < 4.78 is 0. The van der Waals surface area contributed by atoms with Crippen LogP contribution in [0.4, 0.5) is 11.4 Å². The van der Waals surface area contributed by atoms with E-state index in [2.05, 4.69) is 4.99 Å². The first-order chi connectivity index (χ1) is 11.8. The zero-order chi connectivity index (χ0) is 19.0. The second kappa shape index (κ2) is 10.0. The Kier molecular flexibility index (Phi) is 8.42. The van der Waals surface area contributed by atoms with Gasteiger partial charge in [0.05, 0.1) is 16.6 Å². The number of hydrogen-bond acceptors (Lipinski definition) is 3. The summed E-state index contributed by atoms with van der Waals surface area (Å²) in [6.07, 6.45) is 6.26. The Morgan fingerprint density at radius 2 is 1.92 bits per heavy atom. The first-order valence-corrected chi connectivity index (χ1v) is 8.80. The third-order valence-electron chi connectivity index (χ3n) is 3.82. The number of hydrogen-bond donors (Lipinski definition) is 0. The normalized spacial score (nSPS) is 13.9. The highest BCUT2D eigenvalue weighted by molar-refractivity contribution is 6.34. The van der Waals surface area contributed by atoms with Crippen molar-refractivity contribution in [2.75, 3.05) is 30.9 Å². The Balaban J connectivity index is 3.28. The summed E-state index contributed by atoms with van der Waals surface area (Å²) in [5.41, 5.74) is 2.33. The van der Waals surface area contributed by atoms with Gasteiger partial charge >= 0.3 is 0 Å². The van der Waals surface area contributed by atoms with Gasteiger partial charge in [0, 0.05) is 32.5 Å². The Morgan fingerprint density at radius 3 is 2.48 bits per heavy atom. The molecule has 0 spiro atoms. The van der Waals surface area contributed by atoms with E-state index >= 15 is 0 Å². The number of carbonyl (C=O) groups excluding carboxylic acids is 1. The van der Waals surface area contributed by atoms with Gasteiger partial charge in [-0.15, -0.1) is 0 Å². The van der Waals surface area contributed by atoms with Crippen LogP contribution in [0.15, 0.2) is 52.0 Å². The zero-order valence-corrected chi connectivity index (χ0v) is 16.7. The predicted molar refractivity (Wildman–Crippen MR) is 110 cm³/mol. The molecule has 1 unspecified atom stereocenters. The molecule has 4 nitrogen and oxygen atoms in total. The van der Waals surface area contributed by atoms with Crippen molar-refractivity contribution >= 4 is 35.1 Å². The lowest BCUT2D eigenvalue weighted by molar-refractivity contribution is -0.115. The van der Waals surface area contributed by atoms with E-state index in [-0.39, 0.29) is 11.9 Å². The van der Waals surface area contributed by atoms with Crippen molar-refractivity contribution in [3.63, 3.8) is 0 Å². The molecule has 0 heterocycles. The third kappa shape index (κ3) is 5.75. The summed E-state index contributed by atoms with van der Waals surface area (Å²) in [6, 6.07) is 7.50. The molecule has 25 heavy (non-hydrogen) atoms. The van der Waals surface area contributed by atoms with Gasteiger partial charge in [0.1, 0.15) is 0 Å². The van der Waals surface area contributed by atoms with E-state index in [9.17, 15) is 4.79 Å². The van der Waals surface area contributed by atoms with Crippen LogP contribution in [0, 0.1) is 0 Å². The molecule has 5 heteroatoms. The molecule has 0 aliphatic rings. The second-order valence-corrected chi connectivity index (χ2v) is 6.34. The number of allylic oxidation sites excluding steroid dienone is 3. The van der Waals surface area contributed by atoms with Crippen molar-refractivity contribution in [3.05, 3.63) is 47.0 Å². The minimum atomic E-state index is -0.314. The molecule has 1 rings (SSSR count). The van der Waals surface area contributed by atoms with E-state index in [1.165, 1.54) is 0 Å². The van der Waals surface area contributed by atoms with Gasteiger partial charge in [0.2, 0.25) is 0 Å². The van der Waals surface area contributed by atoms with E-state index in [0.717, 1.165) is 17.8 Å². The molecule has 1 aromatic rings. The monoisotopic (exact) mass is 361 g/mol. The van der Waals surface area contributed by atoms with Crippen molar-refractivity contribution in [2.24, 2.45) is 4.99 Å². The number of anilines is 2. The van der Waals surface area contributed by atoms with Crippen molar-refractivity contribution < 1.29 is 4.79 Å². The van der Waals surface area contributed by atoms with E-state index in [0.29, 0.717) is 10.6 Å². The maximum Gasteiger partial charge on any atom is 0.257 e. The highest BCUT2D eigenvalue weighted by Crippen LogP contribution is 2.25. The lowest BCUT2D eigenvalue weighted by atomic mass is 10.1. The Morgan fingerprint density at radius 1 is 1.28 bits per heavy atom. The Bertz CT molecular complexity index is 677. The summed E-state index contributed by atoms with van der Waals surface area (Å²) in [6.45, 7) is 5.73. The van der Waals surface area contributed by atoms with E-state index in [1.807, 2.05) is 70.1 Å². The topological polar surface area (TPSA) is 35.9 Å². The molecule has 1 aromatic carbocycles. The van der Waals surface area contributed by atoms with Gasteiger partial charge in [-0.3, -0.25) is 9.79 Å². The molecular formula is C20H28ClN3O. The number of aliphatic imine (C=N–C) groups is 1. The second-order valence-electron chi connectivity index (χ2n) is 5.93. The Labute approximate surface area is 156 Å². The average Bonchev–Trinajstić information content (AvgIpc) is 2.59. The van der Waals surface area contributed by atoms with Gasteiger partial charge in [-0.25, -0.2) is 0 Å². The lowest BCUT2D eigenvalue weighted by Gasteiger charge is -2.23. The van der Waals surface area contributed by atoms with Crippen LogP contribution >= 0.6 is 11.6 Å². The molecule has 0 bridgehead atoms. The number of halogens is 1. The smallest absolute Gasteiger partial charge is 0.257 e. The Hall–Kier alpha value is -2.07. The molecule has 0 saturated carbocycles. The van der Waals surface area contributed by atoms with Gasteiger partial charge in [-0.1, -0.05) is 30.7 Å². The molecule has 0 N–H and O–H groups in total. The first kappa shape index (κ1) is 21.0. The zero-order valence-electron chi connectivity index (χ0n) is 16.0. The van der Waals surface area contributed by atoms with Gasteiger partial charge in [-0.2, -0.15) is 0 Å². The molecule has 0 radical (unpaired) electrons. The number of likely N-dealkylation sites (N-methyl/N-ethyl adjacent to an activating group) is 1. The molecule has 0 fully saturated rings. The minimum Gasteiger partial charge on any atom is -0.378 e. The van der Waals surface area contributed by atoms with E-state index in [1.54, 1.807) is 24.2 Å². The first-order valence-electron chi connectivity index (χ1n) is 8.42. The molecule has 0 aliphatic heterocycles. The largest absolute Gasteiger partial charge is 0.378 e. The van der Waals surface area contributed by atoms with Crippen molar-refractivity contribution in [1.82, 2.24) is 0 Å². The number of rotatable bonds is 7. The predicted octanol–water partition coefficient (Wildman–Crippen LogP) is 4.65. The van der Waals surface area contributed by atoms with Crippen LogP contribution in [0.25, 0.3) is 0 Å². The number of nitrogens with zero attached hydrogens (tertiary/aromatic N) is 3. The summed E-state index contributed by atoms with van der Waals surface area (Å²) in [4.78, 5) is 21.1. The highest BCUT2D eigenvalue weighted by atomic mass is 35.5. The summed E-state index contributed by atoms with van der Waals surface area (Å²) >= 11 is 6.43. The number of carbonyl (C=O) groups is 1. The van der Waals surface area contributed by atoms with Crippen LogP contribution in [-0.4, -0.2) is 39.3 Å². The molecule has 136 valence electrons. The maximum atomic E-state index is 13.1. The number of amides is 1. The molecule has 0 aliphatic carbocycles. The fraction of sp³-hybridized carbons (Fsp3) is 0.400. The third-order valence-corrected chi connectivity index (χ3v) is 4.15. The van der Waals surface area contributed by atoms with Crippen LogP contribution in [0.2, 0.25) is 0 Å². The minimum absolute atomic E-state index is 0.153. The molecule has 0 saturated heterocycles. The fourth-order valence-corrected chi connectivity index (χ4v) is 2.70. The van der Waals surface area contributed by atoms with Gasteiger partial charge in [0.15, 0.2) is 0 Å².